The first-order valence-electron chi connectivity index (χ1n) is 4.72. The molecule has 0 aliphatic heterocycles. The van der Waals surface area contributed by atoms with Crippen molar-refractivity contribution in [3.05, 3.63) is 41.1 Å². The van der Waals surface area contributed by atoms with Crippen molar-refractivity contribution in [2.75, 3.05) is 18.0 Å². The van der Waals surface area contributed by atoms with Crippen LogP contribution in [0.1, 0.15) is 0 Å². The number of hydrogen-bond acceptors (Lipinski definition) is 5. The molecule has 1 aromatic heterocycles. The topological polar surface area (TPSA) is 96.6 Å². The third kappa shape index (κ3) is 3.56. The first-order valence-corrected chi connectivity index (χ1v) is 4.72. The first kappa shape index (κ1) is 12.6. The molecule has 90 valence electrons. The molecule has 0 atom stereocenters. The molecule has 0 amide bonds. The Kier molecular flexibility index (Phi) is 4.15. The van der Waals surface area contributed by atoms with Crippen LogP contribution in [0.4, 0.5) is 11.5 Å². The van der Waals surface area contributed by atoms with Gasteiger partial charge < -0.3 is 10.0 Å². The molecule has 7 heteroatoms. The quantitative estimate of drug-likeness (QED) is 0.451. The van der Waals surface area contributed by atoms with E-state index in [4.69, 9.17) is 5.11 Å². The van der Waals surface area contributed by atoms with E-state index in [9.17, 15) is 14.9 Å². The SMILES string of the molecule is C=CCN(CC(=O)O)c1ccc([N+](=O)[O-])cn1. The standard InChI is InChI=1S/C10H11N3O4/c1-2-5-12(7-10(14)15)9-4-3-8(6-11-9)13(16)17/h2-4,6H,1,5,7H2,(H,14,15). The molecule has 0 radical (unpaired) electrons. The van der Waals surface area contributed by atoms with Crippen molar-refractivity contribution in [2.45, 2.75) is 0 Å². The third-order valence-corrected chi connectivity index (χ3v) is 1.94. The van der Waals surface area contributed by atoms with Gasteiger partial charge in [0.1, 0.15) is 18.6 Å². The van der Waals surface area contributed by atoms with E-state index in [1.807, 2.05) is 0 Å². The molecule has 1 aromatic rings. The van der Waals surface area contributed by atoms with E-state index in [1.165, 1.54) is 23.1 Å². The smallest absolute Gasteiger partial charge is 0.323 e. The normalized spacial score (nSPS) is 9.65. The Morgan fingerprint density at radius 1 is 1.65 bits per heavy atom. The van der Waals surface area contributed by atoms with Crippen LogP contribution >= 0.6 is 0 Å². The zero-order chi connectivity index (χ0) is 12.8. The number of carboxylic acids is 1. The molecule has 0 bridgehead atoms. The largest absolute Gasteiger partial charge is 0.480 e. The number of carbonyl (C=O) groups is 1. The van der Waals surface area contributed by atoms with Gasteiger partial charge in [-0.3, -0.25) is 14.9 Å². The number of anilines is 1. The molecule has 0 saturated heterocycles. The van der Waals surface area contributed by atoms with Crippen LogP contribution in [-0.4, -0.2) is 34.1 Å². The summed E-state index contributed by atoms with van der Waals surface area (Å²) < 4.78 is 0. The number of hydrogen-bond donors (Lipinski definition) is 1. The molecule has 1 heterocycles. The lowest BCUT2D eigenvalue weighted by Crippen LogP contribution is -2.30. The fourth-order valence-electron chi connectivity index (χ4n) is 1.23. The summed E-state index contributed by atoms with van der Waals surface area (Å²) >= 11 is 0. The number of aliphatic carboxylic acids is 1. The van der Waals surface area contributed by atoms with Gasteiger partial charge in [-0.25, -0.2) is 4.98 Å². The van der Waals surface area contributed by atoms with Gasteiger partial charge >= 0.3 is 5.97 Å². The van der Waals surface area contributed by atoms with E-state index in [0.717, 1.165) is 6.20 Å². The molecule has 0 spiro atoms. The van der Waals surface area contributed by atoms with Crippen LogP contribution in [0.5, 0.6) is 0 Å². The van der Waals surface area contributed by atoms with E-state index in [1.54, 1.807) is 0 Å². The fourth-order valence-corrected chi connectivity index (χ4v) is 1.23. The third-order valence-electron chi connectivity index (χ3n) is 1.94. The van der Waals surface area contributed by atoms with E-state index in [-0.39, 0.29) is 12.2 Å². The summed E-state index contributed by atoms with van der Waals surface area (Å²) in [6, 6.07) is 2.69. The average Bonchev–Trinajstić information content (AvgIpc) is 2.28. The van der Waals surface area contributed by atoms with Gasteiger partial charge in [-0.2, -0.15) is 0 Å². The first-order chi connectivity index (χ1) is 8.04. The Morgan fingerprint density at radius 3 is 2.76 bits per heavy atom. The molecular formula is C10H11N3O4. The summed E-state index contributed by atoms with van der Waals surface area (Å²) in [5.41, 5.74) is -0.136. The van der Waals surface area contributed by atoms with Crippen molar-refractivity contribution in [1.29, 1.82) is 0 Å². The van der Waals surface area contributed by atoms with Crippen molar-refractivity contribution in [2.24, 2.45) is 0 Å². The maximum atomic E-state index is 10.6. The Balaban J connectivity index is 2.90. The second-order valence-electron chi connectivity index (χ2n) is 3.19. The Labute approximate surface area is 97.2 Å². The Bertz CT molecular complexity index is 430. The highest BCUT2D eigenvalue weighted by atomic mass is 16.6. The van der Waals surface area contributed by atoms with Gasteiger partial charge in [0.2, 0.25) is 0 Å². The molecule has 1 N–H and O–H groups in total. The zero-order valence-corrected chi connectivity index (χ0v) is 8.94. The Hall–Kier alpha value is -2.44. The molecular weight excluding hydrogens is 226 g/mol. The van der Waals surface area contributed by atoms with Crippen LogP contribution in [0, 0.1) is 10.1 Å². The minimum Gasteiger partial charge on any atom is -0.480 e. The molecule has 0 aromatic carbocycles. The predicted octanol–water partition coefficient (Wildman–Crippen LogP) is 1.07. The molecule has 0 saturated carbocycles. The van der Waals surface area contributed by atoms with Crippen LogP contribution in [0.3, 0.4) is 0 Å². The van der Waals surface area contributed by atoms with Gasteiger partial charge in [0.05, 0.1) is 4.92 Å². The zero-order valence-electron chi connectivity index (χ0n) is 8.94. The average molecular weight is 237 g/mol. The molecule has 17 heavy (non-hydrogen) atoms. The number of nitro groups is 1. The number of aromatic nitrogens is 1. The van der Waals surface area contributed by atoms with Crippen LogP contribution in [0.25, 0.3) is 0 Å². The number of rotatable bonds is 6. The molecule has 0 unspecified atom stereocenters. The number of nitrogens with zero attached hydrogens (tertiary/aromatic N) is 3. The molecule has 1 rings (SSSR count). The number of pyridine rings is 1. The summed E-state index contributed by atoms with van der Waals surface area (Å²) in [6.45, 7) is 3.57. The minimum absolute atomic E-state index is 0.136. The van der Waals surface area contributed by atoms with Crippen molar-refractivity contribution in [3.8, 4) is 0 Å². The highest BCUT2D eigenvalue weighted by Crippen LogP contribution is 2.15. The maximum Gasteiger partial charge on any atom is 0.323 e. The van der Waals surface area contributed by atoms with Gasteiger partial charge in [-0.15, -0.1) is 6.58 Å². The monoisotopic (exact) mass is 237 g/mol. The second kappa shape index (κ2) is 5.59. The van der Waals surface area contributed by atoms with Gasteiger partial charge in [-0.05, 0) is 6.07 Å². The second-order valence-corrected chi connectivity index (χ2v) is 3.19. The van der Waals surface area contributed by atoms with Gasteiger partial charge in [-0.1, -0.05) is 6.08 Å². The lowest BCUT2D eigenvalue weighted by atomic mass is 10.3. The summed E-state index contributed by atoms with van der Waals surface area (Å²) in [4.78, 5) is 25.8. The molecule has 0 aliphatic rings. The summed E-state index contributed by atoms with van der Waals surface area (Å²) in [5.74, 6) is -0.648. The van der Waals surface area contributed by atoms with E-state index >= 15 is 0 Å². The summed E-state index contributed by atoms with van der Waals surface area (Å²) in [5, 5.41) is 19.1. The van der Waals surface area contributed by atoms with Gasteiger partial charge in [0, 0.05) is 12.6 Å². The van der Waals surface area contributed by atoms with Crippen molar-refractivity contribution in [1.82, 2.24) is 4.98 Å². The van der Waals surface area contributed by atoms with E-state index < -0.39 is 10.9 Å². The van der Waals surface area contributed by atoms with Gasteiger partial charge in [0.25, 0.3) is 5.69 Å². The molecule has 0 fully saturated rings. The molecule has 7 nitrogen and oxygen atoms in total. The summed E-state index contributed by atoms with van der Waals surface area (Å²) in [7, 11) is 0. The van der Waals surface area contributed by atoms with E-state index in [0.29, 0.717) is 12.4 Å². The number of carboxylic acid groups (broad SMARTS) is 1. The maximum absolute atomic E-state index is 10.6. The van der Waals surface area contributed by atoms with Crippen molar-refractivity contribution >= 4 is 17.5 Å². The van der Waals surface area contributed by atoms with Crippen LogP contribution in [-0.2, 0) is 4.79 Å². The highest BCUT2D eigenvalue weighted by Gasteiger charge is 2.12. The predicted molar refractivity (Wildman–Crippen MR) is 60.9 cm³/mol. The highest BCUT2D eigenvalue weighted by molar-refractivity contribution is 5.73. The summed E-state index contributed by atoms with van der Waals surface area (Å²) in [6.07, 6.45) is 2.62. The van der Waals surface area contributed by atoms with Crippen LogP contribution in [0.15, 0.2) is 31.0 Å². The molecule has 0 aliphatic carbocycles. The van der Waals surface area contributed by atoms with Crippen LogP contribution in [0.2, 0.25) is 0 Å². The van der Waals surface area contributed by atoms with Gasteiger partial charge in [0.15, 0.2) is 0 Å². The fraction of sp³-hybridized carbons (Fsp3) is 0.200. The van der Waals surface area contributed by atoms with Crippen LogP contribution < -0.4 is 4.90 Å². The van der Waals surface area contributed by atoms with Crippen molar-refractivity contribution < 1.29 is 14.8 Å². The lowest BCUT2D eigenvalue weighted by Gasteiger charge is -2.19. The van der Waals surface area contributed by atoms with E-state index in [2.05, 4.69) is 11.6 Å². The van der Waals surface area contributed by atoms with Crippen molar-refractivity contribution in [3.63, 3.8) is 0 Å². The Morgan fingerprint density at radius 2 is 2.35 bits per heavy atom. The minimum atomic E-state index is -1.01. The lowest BCUT2D eigenvalue weighted by molar-refractivity contribution is -0.385.